The SMILES string of the molecule is CC1(C)C(=O)NCCN1C(=O)C(C(F)(F)F)C(F)(F)F. The molecule has 4 nitrogen and oxygen atoms in total. The molecular weight excluding hydrogens is 294 g/mol. The zero-order chi connectivity index (χ0) is 15.9. The predicted molar refractivity (Wildman–Crippen MR) is 54.4 cm³/mol. The molecule has 1 saturated heterocycles. The number of nitrogens with one attached hydrogen (secondary N) is 1. The van der Waals surface area contributed by atoms with Crippen molar-refractivity contribution in [2.75, 3.05) is 13.1 Å². The Labute approximate surface area is 110 Å². The summed E-state index contributed by atoms with van der Waals surface area (Å²) in [5.74, 6) is -7.09. The lowest BCUT2D eigenvalue weighted by molar-refractivity contribution is -0.279. The summed E-state index contributed by atoms with van der Waals surface area (Å²) in [6, 6.07) is 0. The second kappa shape index (κ2) is 4.81. The van der Waals surface area contributed by atoms with Crippen LogP contribution in [0.5, 0.6) is 0 Å². The quantitative estimate of drug-likeness (QED) is 0.746. The number of nitrogens with zero attached hydrogens (tertiary/aromatic N) is 1. The Bertz CT molecular complexity index is 401. The summed E-state index contributed by atoms with van der Waals surface area (Å²) in [7, 11) is 0. The molecule has 0 atom stereocenters. The molecule has 2 amide bonds. The molecule has 0 spiro atoms. The molecule has 10 heteroatoms. The van der Waals surface area contributed by atoms with Gasteiger partial charge in [-0.1, -0.05) is 0 Å². The van der Waals surface area contributed by atoms with Crippen LogP contribution in [0.3, 0.4) is 0 Å². The number of carbonyl (C=O) groups excluding carboxylic acids is 2. The van der Waals surface area contributed by atoms with Crippen molar-refractivity contribution in [2.24, 2.45) is 5.92 Å². The minimum absolute atomic E-state index is 0.198. The van der Waals surface area contributed by atoms with Crippen LogP contribution in [0.1, 0.15) is 13.8 Å². The molecule has 116 valence electrons. The molecule has 0 bridgehead atoms. The minimum atomic E-state index is -5.76. The van der Waals surface area contributed by atoms with Gasteiger partial charge in [-0.2, -0.15) is 26.3 Å². The summed E-state index contributed by atoms with van der Waals surface area (Å²) >= 11 is 0. The molecule has 1 fully saturated rings. The Kier molecular flexibility index (Phi) is 3.99. The molecule has 0 aromatic carbocycles. The highest BCUT2D eigenvalue weighted by Crippen LogP contribution is 2.41. The molecular formula is C10H12F6N2O2. The molecule has 20 heavy (non-hydrogen) atoms. The number of hydrogen-bond donors (Lipinski definition) is 1. The lowest BCUT2D eigenvalue weighted by Crippen LogP contribution is -2.66. The minimum Gasteiger partial charge on any atom is -0.352 e. The van der Waals surface area contributed by atoms with Gasteiger partial charge in [-0.25, -0.2) is 0 Å². The van der Waals surface area contributed by atoms with E-state index in [4.69, 9.17) is 0 Å². The Balaban J connectivity index is 3.16. The Hall–Kier alpha value is -1.48. The van der Waals surface area contributed by atoms with Crippen LogP contribution in [-0.2, 0) is 9.59 Å². The van der Waals surface area contributed by atoms with Crippen LogP contribution < -0.4 is 5.32 Å². The van der Waals surface area contributed by atoms with Gasteiger partial charge in [0.25, 0.3) is 0 Å². The third-order valence-electron chi connectivity index (χ3n) is 3.02. The van der Waals surface area contributed by atoms with Crippen molar-refractivity contribution >= 4 is 11.8 Å². The average molecular weight is 306 g/mol. The summed E-state index contributed by atoms with van der Waals surface area (Å²) in [6.07, 6.45) is -11.5. The molecule has 1 aliphatic rings. The van der Waals surface area contributed by atoms with Gasteiger partial charge in [-0.05, 0) is 13.8 Å². The van der Waals surface area contributed by atoms with Gasteiger partial charge in [0.2, 0.25) is 17.7 Å². The Morgan fingerprint density at radius 3 is 2.05 bits per heavy atom. The van der Waals surface area contributed by atoms with Crippen molar-refractivity contribution in [2.45, 2.75) is 31.7 Å². The van der Waals surface area contributed by atoms with E-state index in [9.17, 15) is 35.9 Å². The normalized spacial score (nSPS) is 20.1. The van der Waals surface area contributed by atoms with Crippen LogP contribution >= 0.6 is 0 Å². The molecule has 0 unspecified atom stereocenters. The molecule has 0 aromatic rings. The monoisotopic (exact) mass is 306 g/mol. The fraction of sp³-hybridized carbons (Fsp3) is 0.800. The van der Waals surface area contributed by atoms with E-state index >= 15 is 0 Å². The fourth-order valence-corrected chi connectivity index (χ4v) is 1.91. The largest absolute Gasteiger partial charge is 0.409 e. The topological polar surface area (TPSA) is 49.4 Å². The van der Waals surface area contributed by atoms with Gasteiger partial charge in [0.1, 0.15) is 5.54 Å². The van der Waals surface area contributed by atoms with Crippen LogP contribution in [0.2, 0.25) is 0 Å². The zero-order valence-corrected chi connectivity index (χ0v) is 10.5. The van der Waals surface area contributed by atoms with Crippen molar-refractivity contribution in [3.63, 3.8) is 0 Å². The van der Waals surface area contributed by atoms with Crippen LogP contribution in [0.4, 0.5) is 26.3 Å². The van der Waals surface area contributed by atoms with Crippen LogP contribution in [-0.4, -0.2) is 47.7 Å². The van der Waals surface area contributed by atoms with E-state index in [2.05, 4.69) is 5.32 Å². The maximum atomic E-state index is 12.5. The second-order valence-corrected chi connectivity index (χ2v) is 4.82. The van der Waals surface area contributed by atoms with Crippen molar-refractivity contribution in [1.82, 2.24) is 10.2 Å². The van der Waals surface area contributed by atoms with Gasteiger partial charge in [0, 0.05) is 13.1 Å². The first-order valence-corrected chi connectivity index (χ1v) is 5.53. The van der Waals surface area contributed by atoms with Gasteiger partial charge in [-0.3, -0.25) is 9.59 Å². The van der Waals surface area contributed by atoms with E-state index in [1.807, 2.05) is 0 Å². The first-order chi connectivity index (χ1) is 8.79. The summed E-state index contributed by atoms with van der Waals surface area (Å²) in [4.78, 5) is 23.5. The summed E-state index contributed by atoms with van der Waals surface area (Å²) < 4.78 is 75.0. The van der Waals surface area contributed by atoms with Gasteiger partial charge in [0.15, 0.2) is 0 Å². The standard InChI is InChI=1S/C10H12F6N2O2/c1-8(2)7(20)17-3-4-18(8)6(19)5(9(11,12)13)10(14,15)16/h5H,3-4H2,1-2H3,(H,17,20). The van der Waals surface area contributed by atoms with E-state index in [1.54, 1.807) is 0 Å². The molecule has 0 aliphatic carbocycles. The van der Waals surface area contributed by atoms with E-state index < -0.39 is 42.2 Å². The fourth-order valence-electron chi connectivity index (χ4n) is 1.91. The average Bonchev–Trinajstić information content (AvgIpc) is 2.17. The molecule has 0 radical (unpaired) electrons. The summed E-state index contributed by atoms with van der Waals surface area (Å²) in [6.45, 7) is 1.56. The zero-order valence-electron chi connectivity index (χ0n) is 10.5. The summed E-state index contributed by atoms with van der Waals surface area (Å²) in [5.41, 5.74) is -1.77. The molecule has 0 saturated carbocycles. The molecule has 1 aliphatic heterocycles. The molecule has 1 rings (SSSR count). The van der Waals surface area contributed by atoms with Gasteiger partial charge in [0.05, 0.1) is 0 Å². The lowest BCUT2D eigenvalue weighted by Gasteiger charge is -2.43. The van der Waals surface area contributed by atoms with Gasteiger partial charge in [-0.15, -0.1) is 0 Å². The van der Waals surface area contributed by atoms with Gasteiger partial charge >= 0.3 is 12.4 Å². The number of hydrogen-bond acceptors (Lipinski definition) is 2. The predicted octanol–water partition coefficient (Wildman–Crippen LogP) is 1.46. The smallest absolute Gasteiger partial charge is 0.352 e. The third-order valence-corrected chi connectivity index (χ3v) is 3.02. The highest BCUT2D eigenvalue weighted by atomic mass is 19.4. The van der Waals surface area contributed by atoms with E-state index in [0.29, 0.717) is 4.90 Å². The van der Waals surface area contributed by atoms with Crippen LogP contribution in [0, 0.1) is 5.92 Å². The third kappa shape index (κ3) is 2.98. The van der Waals surface area contributed by atoms with E-state index in [0.717, 1.165) is 13.8 Å². The van der Waals surface area contributed by atoms with Crippen molar-refractivity contribution in [1.29, 1.82) is 0 Å². The second-order valence-electron chi connectivity index (χ2n) is 4.82. The first kappa shape index (κ1) is 16.6. The van der Waals surface area contributed by atoms with Crippen LogP contribution in [0.25, 0.3) is 0 Å². The maximum Gasteiger partial charge on any atom is 0.409 e. The van der Waals surface area contributed by atoms with Crippen molar-refractivity contribution < 1.29 is 35.9 Å². The van der Waals surface area contributed by atoms with E-state index in [-0.39, 0.29) is 6.54 Å². The Morgan fingerprint density at radius 2 is 1.65 bits per heavy atom. The molecule has 0 aromatic heterocycles. The number of piperazine rings is 1. The summed E-state index contributed by atoms with van der Waals surface area (Å²) in [5, 5.41) is 2.28. The number of rotatable bonds is 1. The van der Waals surface area contributed by atoms with Crippen molar-refractivity contribution in [3.8, 4) is 0 Å². The highest BCUT2D eigenvalue weighted by molar-refractivity contribution is 5.93. The number of halogens is 6. The highest BCUT2D eigenvalue weighted by Gasteiger charge is 2.63. The number of alkyl halides is 6. The number of carbonyl (C=O) groups is 2. The van der Waals surface area contributed by atoms with E-state index in [1.165, 1.54) is 0 Å². The van der Waals surface area contributed by atoms with Crippen LogP contribution in [0.15, 0.2) is 0 Å². The van der Waals surface area contributed by atoms with Gasteiger partial charge < -0.3 is 10.2 Å². The lowest BCUT2D eigenvalue weighted by atomic mass is 9.95. The van der Waals surface area contributed by atoms with Crippen molar-refractivity contribution in [3.05, 3.63) is 0 Å². The molecule has 1 heterocycles. The Morgan fingerprint density at radius 1 is 1.20 bits per heavy atom. The number of amides is 2. The molecule has 1 N–H and O–H groups in total. The maximum absolute atomic E-state index is 12.5. The first-order valence-electron chi connectivity index (χ1n) is 5.53.